The summed E-state index contributed by atoms with van der Waals surface area (Å²) in [6.07, 6.45) is 0.831. The van der Waals surface area contributed by atoms with Crippen molar-refractivity contribution in [3.63, 3.8) is 0 Å². The normalized spacial score (nSPS) is 10.5. The summed E-state index contributed by atoms with van der Waals surface area (Å²) in [5, 5.41) is 10.5. The van der Waals surface area contributed by atoms with Crippen molar-refractivity contribution in [2.75, 3.05) is 13.6 Å². The Kier molecular flexibility index (Phi) is 4.76. The molecule has 0 atom stereocenters. The van der Waals surface area contributed by atoms with Gasteiger partial charge in [-0.3, -0.25) is 9.48 Å². The van der Waals surface area contributed by atoms with Crippen LogP contribution in [0.15, 0.2) is 0 Å². The van der Waals surface area contributed by atoms with Gasteiger partial charge in [0.15, 0.2) is 0 Å². The third-order valence-electron chi connectivity index (χ3n) is 2.35. The monoisotopic (exact) mass is 244 g/mol. The minimum atomic E-state index is -0.0435. The number of carbonyl (C=O) groups excluding carboxylic acids is 1. The number of amides is 1. The first-order chi connectivity index (χ1) is 7.60. The molecular weight excluding hydrogens is 228 g/mol. The standard InChI is InChI=1S/C10H17ClN4O/c1-4-8-7(10(11)15(3)14-8)5-13-6-9(16)12-2/h13H,4-6H2,1-3H3,(H,12,16). The Morgan fingerprint density at radius 3 is 2.81 bits per heavy atom. The first-order valence-corrected chi connectivity index (χ1v) is 5.59. The fourth-order valence-corrected chi connectivity index (χ4v) is 1.66. The number of hydrogen-bond acceptors (Lipinski definition) is 3. The van der Waals surface area contributed by atoms with Crippen LogP contribution >= 0.6 is 11.6 Å². The van der Waals surface area contributed by atoms with Crippen LogP contribution in [0.4, 0.5) is 0 Å². The molecule has 1 heterocycles. The van der Waals surface area contributed by atoms with Crippen molar-refractivity contribution in [2.24, 2.45) is 7.05 Å². The van der Waals surface area contributed by atoms with E-state index in [2.05, 4.69) is 15.7 Å². The van der Waals surface area contributed by atoms with Crippen LogP contribution in [0.25, 0.3) is 0 Å². The lowest BCUT2D eigenvalue weighted by atomic mass is 10.2. The van der Waals surface area contributed by atoms with Gasteiger partial charge in [0.05, 0.1) is 12.2 Å². The summed E-state index contributed by atoms with van der Waals surface area (Å²) in [7, 11) is 3.42. The summed E-state index contributed by atoms with van der Waals surface area (Å²) in [5.74, 6) is -0.0435. The molecule has 0 unspecified atom stereocenters. The van der Waals surface area contributed by atoms with Crippen molar-refractivity contribution in [2.45, 2.75) is 19.9 Å². The van der Waals surface area contributed by atoms with E-state index in [0.717, 1.165) is 17.7 Å². The molecule has 90 valence electrons. The Bertz CT molecular complexity index is 375. The van der Waals surface area contributed by atoms with Crippen molar-refractivity contribution in [3.05, 3.63) is 16.4 Å². The Morgan fingerprint density at radius 2 is 2.25 bits per heavy atom. The van der Waals surface area contributed by atoms with E-state index in [1.54, 1.807) is 11.7 Å². The van der Waals surface area contributed by atoms with Gasteiger partial charge >= 0.3 is 0 Å². The molecular formula is C10H17ClN4O. The molecule has 16 heavy (non-hydrogen) atoms. The molecule has 0 saturated carbocycles. The Morgan fingerprint density at radius 1 is 1.56 bits per heavy atom. The molecule has 1 rings (SSSR count). The van der Waals surface area contributed by atoms with Crippen LogP contribution in [0.2, 0.25) is 5.15 Å². The highest BCUT2D eigenvalue weighted by molar-refractivity contribution is 6.30. The molecule has 0 saturated heterocycles. The lowest BCUT2D eigenvalue weighted by Gasteiger charge is -2.04. The molecule has 0 spiro atoms. The van der Waals surface area contributed by atoms with E-state index in [0.29, 0.717) is 11.7 Å². The zero-order valence-electron chi connectivity index (χ0n) is 9.80. The number of nitrogens with zero attached hydrogens (tertiary/aromatic N) is 2. The first kappa shape index (κ1) is 13.0. The van der Waals surface area contributed by atoms with Crippen LogP contribution in [0.3, 0.4) is 0 Å². The number of halogens is 1. The molecule has 2 N–H and O–H groups in total. The summed E-state index contributed by atoms with van der Waals surface area (Å²) >= 11 is 6.10. The van der Waals surface area contributed by atoms with Gasteiger partial charge in [0.25, 0.3) is 0 Å². The molecule has 6 heteroatoms. The summed E-state index contributed by atoms with van der Waals surface area (Å²) in [6, 6.07) is 0. The smallest absolute Gasteiger partial charge is 0.233 e. The molecule has 1 amide bonds. The number of carbonyl (C=O) groups is 1. The second-order valence-electron chi connectivity index (χ2n) is 3.47. The molecule has 0 aliphatic carbocycles. The predicted octanol–water partition coefficient (Wildman–Crippen LogP) is 0.471. The topological polar surface area (TPSA) is 59.0 Å². The molecule has 0 fully saturated rings. The van der Waals surface area contributed by atoms with Gasteiger partial charge in [0.2, 0.25) is 5.91 Å². The second kappa shape index (κ2) is 5.86. The van der Waals surface area contributed by atoms with Crippen LogP contribution in [-0.2, 0) is 24.8 Å². The van der Waals surface area contributed by atoms with Crippen molar-refractivity contribution in [1.82, 2.24) is 20.4 Å². The number of likely N-dealkylation sites (N-methyl/N-ethyl adjacent to an activating group) is 1. The van der Waals surface area contributed by atoms with Crippen LogP contribution < -0.4 is 10.6 Å². The van der Waals surface area contributed by atoms with Crippen molar-refractivity contribution in [3.8, 4) is 0 Å². The highest BCUT2D eigenvalue weighted by Crippen LogP contribution is 2.19. The lowest BCUT2D eigenvalue weighted by Crippen LogP contribution is -2.31. The van der Waals surface area contributed by atoms with Crippen LogP contribution in [0, 0.1) is 0 Å². The Labute approximate surface area is 100 Å². The quantitative estimate of drug-likeness (QED) is 0.792. The maximum absolute atomic E-state index is 11.0. The maximum Gasteiger partial charge on any atom is 0.233 e. The van der Waals surface area contributed by atoms with Crippen molar-refractivity contribution < 1.29 is 4.79 Å². The number of nitrogens with one attached hydrogen (secondary N) is 2. The van der Waals surface area contributed by atoms with E-state index < -0.39 is 0 Å². The van der Waals surface area contributed by atoms with Gasteiger partial charge in [-0.05, 0) is 6.42 Å². The lowest BCUT2D eigenvalue weighted by molar-refractivity contribution is -0.119. The van der Waals surface area contributed by atoms with E-state index in [4.69, 9.17) is 11.6 Å². The van der Waals surface area contributed by atoms with Crippen LogP contribution in [0.1, 0.15) is 18.2 Å². The minimum Gasteiger partial charge on any atom is -0.358 e. The van der Waals surface area contributed by atoms with Gasteiger partial charge in [-0.15, -0.1) is 0 Å². The number of aromatic nitrogens is 2. The summed E-state index contributed by atoms with van der Waals surface area (Å²) in [4.78, 5) is 11.0. The Hall–Kier alpha value is -1.07. The predicted molar refractivity (Wildman–Crippen MR) is 63.4 cm³/mol. The van der Waals surface area contributed by atoms with Gasteiger partial charge < -0.3 is 10.6 Å². The third-order valence-corrected chi connectivity index (χ3v) is 2.83. The average Bonchev–Trinajstić information content (AvgIpc) is 2.56. The molecule has 0 aromatic carbocycles. The van der Waals surface area contributed by atoms with Crippen molar-refractivity contribution in [1.29, 1.82) is 0 Å². The zero-order chi connectivity index (χ0) is 12.1. The third kappa shape index (κ3) is 2.96. The Balaban J connectivity index is 2.62. The summed E-state index contributed by atoms with van der Waals surface area (Å²) in [6.45, 7) is 2.87. The molecule has 0 radical (unpaired) electrons. The van der Waals surface area contributed by atoms with Gasteiger partial charge in [-0.1, -0.05) is 18.5 Å². The fraction of sp³-hybridized carbons (Fsp3) is 0.600. The second-order valence-corrected chi connectivity index (χ2v) is 3.83. The van der Waals surface area contributed by atoms with Gasteiger partial charge in [-0.25, -0.2) is 0 Å². The van der Waals surface area contributed by atoms with Crippen molar-refractivity contribution >= 4 is 17.5 Å². The molecule has 0 aliphatic heterocycles. The molecule has 0 aliphatic rings. The number of aryl methyl sites for hydroxylation is 2. The molecule has 1 aromatic rings. The SMILES string of the molecule is CCc1nn(C)c(Cl)c1CNCC(=O)NC. The largest absolute Gasteiger partial charge is 0.358 e. The number of hydrogen-bond donors (Lipinski definition) is 2. The maximum atomic E-state index is 11.0. The first-order valence-electron chi connectivity index (χ1n) is 5.21. The van der Waals surface area contributed by atoms with E-state index in [1.165, 1.54) is 0 Å². The highest BCUT2D eigenvalue weighted by atomic mass is 35.5. The summed E-state index contributed by atoms with van der Waals surface area (Å²) in [5.41, 5.74) is 1.94. The fourth-order valence-electron chi connectivity index (χ4n) is 1.45. The summed E-state index contributed by atoms with van der Waals surface area (Å²) < 4.78 is 1.65. The molecule has 0 bridgehead atoms. The van der Waals surface area contributed by atoms with Gasteiger partial charge in [0, 0.05) is 26.2 Å². The zero-order valence-corrected chi connectivity index (χ0v) is 10.6. The van der Waals surface area contributed by atoms with E-state index in [1.807, 2.05) is 14.0 Å². The van der Waals surface area contributed by atoms with Gasteiger partial charge in [-0.2, -0.15) is 5.10 Å². The van der Waals surface area contributed by atoms with E-state index >= 15 is 0 Å². The highest BCUT2D eigenvalue weighted by Gasteiger charge is 2.12. The average molecular weight is 245 g/mol. The van der Waals surface area contributed by atoms with Crippen LogP contribution in [-0.4, -0.2) is 29.3 Å². The van der Waals surface area contributed by atoms with Crippen LogP contribution in [0.5, 0.6) is 0 Å². The van der Waals surface area contributed by atoms with E-state index in [-0.39, 0.29) is 12.5 Å². The molecule has 5 nitrogen and oxygen atoms in total. The van der Waals surface area contributed by atoms with E-state index in [9.17, 15) is 4.79 Å². The van der Waals surface area contributed by atoms with Gasteiger partial charge in [0.1, 0.15) is 5.15 Å². The molecule has 1 aromatic heterocycles. The number of rotatable bonds is 5. The minimum absolute atomic E-state index is 0.0435.